The van der Waals surface area contributed by atoms with Crippen molar-refractivity contribution < 1.29 is 18.7 Å². The summed E-state index contributed by atoms with van der Waals surface area (Å²) in [6, 6.07) is 18.2. The predicted molar refractivity (Wildman–Crippen MR) is 100 cm³/mol. The number of esters is 1. The van der Waals surface area contributed by atoms with Crippen LogP contribution in [0, 0.1) is 0 Å². The minimum absolute atomic E-state index is 0.0104. The third kappa shape index (κ3) is 2.97. The molecule has 0 amide bonds. The minimum Gasteiger partial charge on any atom is -0.465 e. The summed E-state index contributed by atoms with van der Waals surface area (Å²) in [6.07, 6.45) is 1.75. The zero-order valence-corrected chi connectivity index (χ0v) is 14.7. The van der Waals surface area contributed by atoms with E-state index < -0.39 is 5.97 Å². The number of hydrogen-bond donors (Lipinski definition) is 0. The zero-order chi connectivity index (χ0) is 18.1. The van der Waals surface area contributed by atoms with Gasteiger partial charge in [-0.05, 0) is 42.5 Å². The smallest absolute Gasteiger partial charge is 0.337 e. The number of fused-ring (bicyclic) bond motifs is 1. The number of methoxy groups -OCH3 is 1. The lowest BCUT2D eigenvalue weighted by atomic mass is 10.1. The van der Waals surface area contributed by atoms with Crippen molar-refractivity contribution in [2.45, 2.75) is 4.90 Å². The Morgan fingerprint density at radius 3 is 2.73 bits per heavy atom. The first-order valence-electron chi connectivity index (χ1n) is 7.97. The average Bonchev–Trinajstić information content (AvgIpc) is 3.27. The lowest BCUT2D eigenvalue weighted by molar-refractivity contribution is 0.0600. The molecule has 1 aliphatic rings. The van der Waals surface area contributed by atoms with Crippen LogP contribution in [0.5, 0.6) is 0 Å². The normalized spacial score (nSPS) is 14.5. The Hall–Kier alpha value is -3.05. The van der Waals surface area contributed by atoms with Gasteiger partial charge in [-0.3, -0.25) is 4.79 Å². The number of furan rings is 1. The van der Waals surface area contributed by atoms with E-state index in [2.05, 4.69) is 0 Å². The molecule has 2 aromatic carbocycles. The number of ketones is 1. The van der Waals surface area contributed by atoms with Gasteiger partial charge in [0.05, 0.1) is 17.6 Å². The van der Waals surface area contributed by atoms with Gasteiger partial charge < -0.3 is 9.15 Å². The molecule has 0 radical (unpaired) electrons. The number of carbonyl (C=O) groups is 2. The molecule has 0 unspecified atom stereocenters. The van der Waals surface area contributed by atoms with Crippen LogP contribution in [0.1, 0.15) is 26.5 Å². The maximum absolute atomic E-state index is 12.4. The van der Waals surface area contributed by atoms with Crippen molar-refractivity contribution in [2.75, 3.05) is 7.11 Å². The summed E-state index contributed by atoms with van der Waals surface area (Å²) in [5, 5.41) is 0. The van der Waals surface area contributed by atoms with E-state index in [0.717, 1.165) is 16.0 Å². The lowest BCUT2D eigenvalue weighted by Crippen LogP contribution is -2.00. The molecule has 1 aromatic heterocycles. The molecule has 0 spiro atoms. The molecule has 0 aliphatic carbocycles. The van der Waals surface area contributed by atoms with Crippen molar-refractivity contribution in [2.24, 2.45) is 0 Å². The van der Waals surface area contributed by atoms with Crippen LogP contribution in [-0.4, -0.2) is 18.9 Å². The van der Waals surface area contributed by atoms with Gasteiger partial charge in [0.1, 0.15) is 11.5 Å². The maximum Gasteiger partial charge on any atom is 0.337 e. The van der Waals surface area contributed by atoms with E-state index in [1.165, 1.54) is 18.9 Å². The van der Waals surface area contributed by atoms with Crippen LogP contribution >= 0.6 is 11.8 Å². The molecule has 4 nitrogen and oxygen atoms in total. The molecular weight excluding hydrogens is 348 g/mol. The molecule has 0 fully saturated rings. The second kappa shape index (κ2) is 6.69. The zero-order valence-electron chi connectivity index (χ0n) is 13.9. The van der Waals surface area contributed by atoms with Crippen LogP contribution in [0.25, 0.3) is 17.4 Å². The van der Waals surface area contributed by atoms with Crippen LogP contribution in [0.3, 0.4) is 0 Å². The quantitative estimate of drug-likeness (QED) is 0.481. The van der Waals surface area contributed by atoms with Gasteiger partial charge in [-0.2, -0.15) is 0 Å². The fourth-order valence-electron chi connectivity index (χ4n) is 2.77. The van der Waals surface area contributed by atoms with Crippen LogP contribution in [0.2, 0.25) is 0 Å². The van der Waals surface area contributed by atoms with Gasteiger partial charge in [0.25, 0.3) is 0 Å². The van der Waals surface area contributed by atoms with E-state index in [9.17, 15) is 9.59 Å². The Morgan fingerprint density at radius 1 is 1.08 bits per heavy atom. The second-order valence-corrected chi connectivity index (χ2v) is 6.79. The third-order valence-corrected chi connectivity index (χ3v) is 5.14. The monoisotopic (exact) mass is 362 g/mol. The number of rotatable bonds is 3. The fraction of sp³-hybridized carbons (Fsp3) is 0.0476. The van der Waals surface area contributed by atoms with Crippen molar-refractivity contribution >= 4 is 29.6 Å². The Balaban J connectivity index is 1.62. The van der Waals surface area contributed by atoms with E-state index in [-0.39, 0.29) is 5.78 Å². The second-order valence-electron chi connectivity index (χ2n) is 5.71. The highest BCUT2D eigenvalue weighted by molar-refractivity contribution is 8.04. The predicted octanol–water partition coefficient (Wildman–Crippen LogP) is 5.06. The Bertz CT molecular complexity index is 1050. The molecule has 128 valence electrons. The summed E-state index contributed by atoms with van der Waals surface area (Å²) in [5.74, 6) is 0.824. The number of allylic oxidation sites excluding steroid dienone is 1. The number of benzene rings is 2. The van der Waals surface area contributed by atoms with Crippen LogP contribution < -0.4 is 0 Å². The van der Waals surface area contributed by atoms with Crippen LogP contribution in [0.15, 0.2) is 74.9 Å². The first-order valence-corrected chi connectivity index (χ1v) is 8.79. The van der Waals surface area contributed by atoms with Crippen molar-refractivity contribution in [3.8, 4) is 11.3 Å². The number of thioether (sulfide) groups is 1. The van der Waals surface area contributed by atoms with E-state index in [1.807, 2.05) is 42.5 Å². The highest BCUT2D eigenvalue weighted by Crippen LogP contribution is 2.40. The van der Waals surface area contributed by atoms with E-state index in [0.29, 0.717) is 22.0 Å². The molecule has 0 saturated heterocycles. The summed E-state index contributed by atoms with van der Waals surface area (Å²) < 4.78 is 10.6. The summed E-state index contributed by atoms with van der Waals surface area (Å²) >= 11 is 1.44. The van der Waals surface area contributed by atoms with Gasteiger partial charge in [-0.1, -0.05) is 36.0 Å². The van der Waals surface area contributed by atoms with Crippen LogP contribution in [0.4, 0.5) is 0 Å². The highest BCUT2D eigenvalue weighted by atomic mass is 32.2. The topological polar surface area (TPSA) is 56.5 Å². The van der Waals surface area contributed by atoms with Gasteiger partial charge in [0.2, 0.25) is 5.78 Å². The average molecular weight is 362 g/mol. The van der Waals surface area contributed by atoms with Gasteiger partial charge in [-0.15, -0.1) is 0 Å². The highest BCUT2D eigenvalue weighted by Gasteiger charge is 2.25. The number of carbonyl (C=O) groups excluding carboxylic acids is 2. The summed E-state index contributed by atoms with van der Waals surface area (Å²) in [6.45, 7) is 0. The first-order chi connectivity index (χ1) is 12.7. The molecule has 0 N–H and O–H groups in total. The van der Waals surface area contributed by atoms with Crippen LogP contribution in [-0.2, 0) is 4.74 Å². The molecule has 3 aromatic rings. The molecule has 0 saturated carbocycles. The van der Waals surface area contributed by atoms with Crippen molar-refractivity contribution in [3.63, 3.8) is 0 Å². The van der Waals surface area contributed by atoms with Gasteiger partial charge in [-0.25, -0.2) is 4.79 Å². The molecule has 4 rings (SSSR count). The van der Waals surface area contributed by atoms with Crippen molar-refractivity contribution in [1.82, 2.24) is 0 Å². The standard InChI is InChI=1S/C21H14O4S/c1-24-21(23)14-6-4-5-13(11-14)17-10-9-15(25-17)12-19-20(22)16-7-2-3-8-18(16)26-19/h2-12H,1H3. The van der Waals surface area contributed by atoms with Gasteiger partial charge >= 0.3 is 5.97 Å². The summed E-state index contributed by atoms with van der Waals surface area (Å²) in [5.41, 5.74) is 1.95. The van der Waals surface area contributed by atoms with E-state index in [4.69, 9.17) is 9.15 Å². The lowest BCUT2D eigenvalue weighted by Gasteiger charge is -2.01. The molecule has 0 bridgehead atoms. The largest absolute Gasteiger partial charge is 0.465 e. The molecule has 0 atom stereocenters. The molecule has 5 heteroatoms. The van der Waals surface area contributed by atoms with Crippen molar-refractivity contribution in [3.05, 3.63) is 82.5 Å². The molecular formula is C21H14O4S. The summed E-state index contributed by atoms with van der Waals surface area (Å²) in [7, 11) is 1.35. The van der Waals surface area contributed by atoms with E-state index in [1.54, 1.807) is 24.3 Å². The maximum atomic E-state index is 12.4. The van der Waals surface area contributed by atoms with Gasteiger partial charge in [0.15, 0.2) is 0 Å². The third-order valence-electron chi connectivity index (χ3n) is 4.04. The first kappa shape index (κ1) is 16.4. The van der Waals surface area contributed by atoms with Crippen molar-refractivity contribution in [1.29, 1.82) is 0 Å². The number of hydrogen-bond acceptors (Lipinski definition) is 5. The molecule has 1 aliphatic heterocycles. The molecule has 26 heavy (non-hydrogen) atoms. The Morgan fingerprint density at radius 2 is 1.92 bits per heavy atom. The Labute approximate surface area is 154 Å². The Kier molecular flexibility index (Phi) is 4.22. The SMILES string of the molecule is COC(=O)c1cccc(-c2ccc(C=C3Sc4ccccc4C3=O)o2)c1. The molecule has 2 heterocycles. The number of Topliss-reactive ketones (excluding diaryl/α,β-unsaturated/α-hetero) is 1. The van der Waals surface area contributed by atoms with E-state index >= 15 is 0 Å². The summed E-state index contributed by atoms with van der Waals surface area (Å²) in [4.78, 5) is 25.7. The fourth-order valence-corrected chi connectivity index (χ4v) is 3.80. The van der Waals surface area contributed by atoms with Gasteiger partial charge in [0, 0.05) is 16.0 Å². The minimum atomic E-state index is -0.397. The number of ether oxygens (including phenoxy) is 1.